The lowest BCUT2D eigenvalue weighted by Crippen LogP contribution is -2.25. The van der Waals surface area contributed by atoms with Gasteiger partial charge in [0.2, 0.25) is 0 Å². The summed E-state index contributed by atoms with van der Waals surface area (Å²) in [7, 11) is 0. The predicted octanol–water partition coefficient (Wildman–Crippen LogP) is 3.55. The van der Waals surface area contributed by atoms with Crippen LogP contribution >= 0.6 is 0 Å². The fourth-order valence-electron chi connectivity index (χ4n) is 2.39. The number of rotatable bonds is 4. The second-order valence-corrected chi connectivity index (χ2v) is 5.44. The highest BCUT2D eigenvalue weighted by Crippen LogP contribution is 2.20. The van der Waals surface area contributed by atoms with E-state index in [1.54, 1.807) is 36.4 Å². The maximum atomic E-state index is 12.2. The summed E-state index contributed by atoms with van der Waals surface area (Å²) in [5.74, 6) is 0.642. The second kappa shape index (κ2) is 7.15. The summed E-state index contributed by atoms with van der Waals surface area (Å²) < 4.78 is 11.3. The van der Waals surface area contributed by atoms with Crippen molar-refractivity contribution < 1.29 is 19.4 Å². The Kier molecular flexibility index (Phi) is 4.78. The second-order valence-electron chi connectivity index (χ2n) is 5.44. The van der Waals surface area contributed by atoms with Gasteiger partial charge in [-0.05, 0) is 61.4 Å². The van der Waals surface area contributed by atoms with Gasteiger partial charge in [0, 0.05) is 17.7 Å². The van der Waals surface area contributed by atoms with E-state index in [0.717, 1.165) is 25.9 Å². The van der Waals surface area contributed by atoms with Crippen molar-refractivity contribution in [2.24, 2.45) is 0 Å². The predicted molar refractivity (Wildman–Crippen MR) is 86.7 cm³/mol. The molecule has 23 heavy (non-hydrogen) atoms. The lowest BCUT2D eigenvalue weighted by molar-refractivity contribution is -0.105. The molecule has 0 aliphatic carbocycles. The minimum absolute atomic E-state index is 0.162. The molecule has 2 aromatic rings. The first-order valence-corrected chi connectivity index (χ1v) is 7.69. The monoisotopic (exact) mass is 313 g/mol. The lowest BCUT2D eigenvalue weighted by Gasteiger charge is -2.23. The van der Waals surface area contributed by atoms with E-state index in [4.69, 9.17) is 9.47 Å². The molecule has 0 aromatic heterocycles. The first kappa shape index (κ1) is 15.4. The molecule has 0 spiro atoms. The number of carbonyl (C=O) groups is 1. The zero-order chi connectivity index (χ0) is 16.1. The molecule has 1 amide bonds. The van der Waals surface area contributed by atoms with E-state index in [0.29, 0.717) is 17.0 Å². The Morgan fingerprint density at radius 2 is 1.83 bits per heavy atom. The van der Waals surface area contributed by atoms with Gasteiger partial charge >= 0.3 is 0 Å². The van der Waals surface area contributed by atoms with Crippen LogP contribution in [-0.4, -0.2) is 23.9 Å². The summed E-state index contributed by atoms with van der Waals surface area (Å²) in [6.45, 7) is 0.734. The van der Waals surface area contributed by atoms with Crippen LogP contribution in [0, 0.1) is 0 Å². The quantitative estimate of drug-likeness (QED) is 0.847. The largest absolute Gasteiger partial charge is 0.508 e. The van der Waals surface area contributed by atoms with Gasteiger partial charge in [-0.25, -0.2) is 0 Å². The molecule has 1 aliphatic heterocycles. The number of nitrogens with one attached hydrogen (secondary N) is 1. The van der Waals surface area contributed by atoms with E-state index in [1.807, 2.05) is 0 Å². The van der Waals surface area contributed by atoms with Crippen molar-refractivity contribution in [1.29, 1.82) is 0 Å². The number of hydrogen-bond donors (Lipinski definition) is 2. The van der Waals surface area contributed by atoms with Crippen LogP contribution in [0.25, 0.3) is 0 Å². The molecule has 5 nitrogen and oxygen atoms in total. The van der Waals surface area contributed by atoms with Crippen molar-refractivity contribution in [2.45, 2.75) is 25.6 Å². The number of amides is 1. The van der Waals surface area contributed by atoms with Crippen LogP contribution in [0.4, 0.5) is 5.69 Å². The lowest BCUT2D eigenvalue weighted by atomic mass is 10.2. The van der Waals surface area contributed by atoms with Crippen LogP contribution in [-0.2, 0) is 4.74 Å². The molecule has 1 fully saturated rings. The maximum Gasteiger partial charge on any atom is 0.255 e. The number of phenols is 1. The third-order valence-corrected chi connectivity index (χ3v) is 3.65. The van der Waals surface area contributed by atoms with Crippen LogP contribution in [0.15, 0.2) is 48.5 Å². The van der Waals surface area contributed by atoms with Crippen LogP contribution in [0.2, 0.25) is 0 Å². The first-order valence-electron chi connectivity index (χ1n) is 7.69. The molecule has 1 heterocycles. The van der Waals surface area contributed by atoms with Crippen molar-refractivity contribution in [1.82, 2.24) is 0 Å². The third-order valence-electron chi connectivity index (χ3n) is 3.65. The molecular weight excluding hydrogens is 294 g/mol. The van der Waals surface area contributed by atoms with E-state index < -0.39 is 0 Å². The fraction of sp³-hybridized carbons (Fsp3) is 0.278. The molecule has 3 rings (SSSR count). The molecule has 1 unspecified atom stereocenters. The number of carbonyl (C=O) groups excluding carboxylic acids is 1. The number of aromatic hydroxyl groups is 1. The molecule has 1 atom stereocenters. The average Bonchev–Trinajstić information content (AvgIpc) is 2.58. The zero-order valence-electron chi connectivity index (χ0n) is 12.7. The van der Waals surface area contributed by atoms with Gasteiger partial charge < -0.3 is 19.9 Å². The van der Waals surface area contributed by atoms with Gasteiger partial charge in [-0.1, -0.05) is 0 Å². The number of anilines is 1. The van der Waals surface area contributed by atoms with Gasteiger partial charge in [0.05, 0.1) is 6.61 Å². The normalized spacial score (nSPS) is 17.5. The molecule has 1 saturated heterocycles. The van der Waals surface area contributed by atoms with Gasteiger partial charge in [-0.3, -0.25) is 4.79 Å². The number of phenolic OH excluding ortho intramolecular Hbond substituents is 1. The Morgan fingerprint density at radius 1 is 1.09 bits per heavy atom. The molecule has 0 radical (unpaired) electrons. The van der Waals surface area contributed by atoms with Crippen LogP contribution < -0.4 is 10.1 Å². The Labute approximate surface area is 134 Å². The van der Waals surface area contributed by atoms with Gasteiger partial charge in [0.1, 0.15) is 11.5 Å². The number of hydrogen-bond acceptors (Lipinski definition) is 4. The van der Waals surface area contributed by atoms with E-state index in [2.05, 4.69) is 5.32 Å². The van der Waals surface area contributed by atoms with Gasteiger partial charge in [-0.2, -0.15) is 0 Å². The van der Waals surface area contributed by atoms with Crippen molar-refractivity contribution in [3.05, 3.63) is 54.1 Å². The Hall–Kier alpha value is -2.53. The van der Waals surface area contributed by atoms with Crippen molar-refractivity contribution in [3.8, 4) is 11.5 Å². The van der Waals surface area contributed by atoms with Crippen LogP contribution in [0.5, 0.6) is 11.5 Å². The minimum atomic E-state index is -0.212. The van der Waals surface area contributed by atoms with E-state index in [-0.39, 0.29) is 17.9 Å². The molecule has 1 aliphatic rings. The van der Waals surface area contributed by atoms with Crippen molar-refractivity contribution in [3.63, 3.8) is 0 Å². The van der Waals surface area contributed by atoms with Crippen LogP contribution in [0.1, 0.15) is 29.6 Å². The molecule has 0 bridgehead atoms. The SMILES string of the molecule is O=C(Nc1ccc(O)cc1)c1ccc(OC2CCCCO2)cc1. The van der Waals surface area contributed by atoms with Crippen molar-refractivity contribution >= 4 is 11.6 Å². The van der Waals surface area contributed by atoms with Gasteiger partial charge in [0.25, 0.3) is 5.91 Å². The molecule has 120 valence electrons. The summed E-state index contributed by atoms with van der Waals surface area (Å²) >= 11 is 0. The van der Waals surface area contributed by atoms with Crippen LogP contribution in [0.3, 0.4) is 0 Å². The Morgan fingerprint density at radius 3 is 2.48 bits per heavy atom. The van der Waals surface area contributed by atoms with Gasteiger partial charge in [0.15, 0.2) is 6.29 Å². The minimum Gasteiger partial charge on any atom is -0.508 e. The third kappa shape index (κ3) is 4.23. The topological polar surface area (TPSA) is 67.8 Å². The fourth-order valence-corrected chi connectivity index (χ4v) is 2.39. The highest BCUT2D eigenvalue weighted by Gasteiger charge is 2.15. The molecule has 5 heteroatoms. The summed E-state index contributed by atoms with van der Waals surface area (Å²) in [6.07, 6.45) is 2.89. The molecular formula is C18H19NO4. The number of ether oxygens (including phenoxy) is 2. The molecule has 0 saturated carbocycles. The summed E-state index contributed by atoms with van der Waals surface area (Å²) in [5.41, 5.74) is 1.17. The number of benzene rings is 2. The average molecular weight is 313 g/mol. The highest BCUT2D eigenvalue weighted by molar-refractivity contribution is 6.04. The first-order chi connectivity index (χ1) is 11.2. The Balaban J connectivity index is 1.59. The molecule has 2 aromatic carbocycles. The van der Waals surface area contributed by atoms with Gasteiger partial charge in [-0.15, -0.1) is 0 Å². The Bertz CT molecular complexity index is 646. The summed E-state index contributed by atoms with van der Waals surface area (Å²) in [6, 6.07) is 13.3. The smallest absolute Gasteiger partial charge is 0.255 e. The highest BCUT2D eigenvalue weighted by atomic mass is 16.7. The van der Waals surface area contributed by atoms with E-state index in [9.17, 15) is 9.90 Å². The summed E-state index contributed by atoms with van der Waals surface area (Å²) in [4.78, 5) is 12.2. The summed E-state index contributed by atoms with van der Waals surface area (Å²) in [5, 5.41) is 12.0. The standard InChI is InChI=1S/C18H19NO4/c20-15-8-6-14(7-9-15)19-18(21)13-4-10-16(11-5-13)23-17-3-1-2-12-22-17/h4-11,17,20H,1-3,12H2,(H,19,21). The maximum absolute atomic E-state index is 12.2. The van der Waals surface area contributed by atoms with E-state index >= 15 is 0 Å². The molecule has 2 N–H and O–H groups in total. The van der Waals surface area contributed by atoms with E-state index in [1.165, 1.54) is 12.1 Å². The zero-order valence-corrected chi connectivity index (χ0v) is 12.7. The van der Waals surface area contributed by atoms with Crippen molar-refractivity contribution in [2.75, 3.05) is 11.9 Å².